The molecule has 0 aliphatic heterocycles. The Bertz CT molecular complexity index is 553. The quantitative estimate of drug-likeness (QED) is 0.329. The van der Waals surface area contributed by atoms with Crippen molar-refractivity contribution in [3.8, 4) is 0 Å². The molecule has 1 amide bonds. The molecule has 1 aromatic carbocycles. The number of ether oxygens (including phenoxy) is 1. The number of rotatable bonds is 9. The Morgan fingerprint density at radius 2 is 2.27 bits per heavy atom. The highest BCUT2D eigenvalue weighted by atomic mass is 16.6. The van der Waals surface area contributed by atoms with E-state index in [9.17, 15) is 14.9 Å². The first-order valence-corrected chi connectivity index (χ1v) is 7.43. The molecule has 1 N–H and O–H groups in total. The van der Waals surface area contributed by atoms with Crippen molar-refractivity contribution in [2.24, 2.45) is 5.92 Å². The number of amides is 1. The van der Waals surface area contributed by atoms with Crippen LogP contribution in [0.25, 0.3) is 6.08 Å². The molecule has 6 heteroatoms. The van der Waals surface area contributed by atoms with E-state index in [1.807, 2.05) is 0 Å². The monoisotopic (exact) mass is 304 g/mol. The predicted molar refractivity (Wildman–Crippen MR) is 83.3 cm³/mol. The third kappa shape index (κ3) is 6.05. The summed E-state index contributed by atoms with van der Waals surface area (Å²) in [5.41, 5.74) is 0.632. The van der Waals surface area contributed by atoms with E-state index in [1.165, 1.54) is 31.1 Å². The number of carbonyl (C=O) groups excluding carboxylic acids is 1. The number of hydrogen-bond donors (Lipinski definition) is 1. The molecule has 0 radical (unpaired) electrons. The lowest BCUT2D eigenvalue weighted by Gasteiger charge is -2.03. The molecule has 118 valence electrons. The van der Waals surface area contributed by atoms with Crippen LogP contribution in [0.2, 0.25) is 0 Å². The van der Waals surface area contributed by atoms with Crippen molar-refractivity contribution in [3.05, 3.63) is 46.0 Å². The number of hydrogen-bond acceptors (Lipinski definition) is 4. The van der Waals surface area contributed by atoms with E-state index < -0.39 is 4.92 Å². The molecule has 1 aliphatic rings. The van der Waals surface area contributed by atoms with E-state index in [0.717, 1.165) is 18.9 Å². The van der Waals surface area contributed by atoms with Gasteiger partial charge in [0.15, 0.2) is 0 Å². The molecule has 0 bridgehead atoms. The SMILES string of the molecule is O=C(/C=C/c1cccc([N+](=O)[O-])c1)NCCCOCC1CC1. The second kappa shape index (κ2) is 8.29. The molecule has 1 aromatic rings. The molecule has 2 rings (SSSR count). The molecule has 6 nitrogen and oxygen atoms in total. The van der Waals surface area contributed by atoms with Crippen LogP contribution in [0.3, 0.4) is 0 Å². The summed E-state index contributed by atoms with van der Waals surface area (Å²) >= 11 is 0. The van der Waals surface area contributed by atoms with Crippen LogP contribution in [0.5, 0.6) is 0 Å². The van der Waals surface area contributed by atoms with Crippen LogP contribution in [0.1, 0.15) is 24.8 Å². The zero-order chi connectivity index (χ0) is 15.8. The van der Waals surface area contributed by atoms with Crippen LogP contribution >= 0.6 is 0 Å². The van der Waals surface area contributed by atoms with Crippen molar-refractivity contribution >= 4 is 17.7 Å². The summed E-state index contributed by atoms with van der Waals surface area (Å²) in [4.78, 5) is 21.8. The standard InChI is InChI=1S/C16H20N2O4/c19-16(17-9-2-10-22-12-14-5-6-14)8-7-13-3-1-4-15(11-13)18(20)21/h1,3-4,7-8,11,14H,2,5-6,9-10,12H2,(H,17,19)/b8-7+. The van der Waals surface area contributed by atoms with Crippen molar-refractivity contribution in [1.82, 2.24) is 5.32 Å². The van der Waals surface area contributed by atoms with Crippen LogP contribution in [0, 0.1) is 16.0 Å². The molecule has 0 unspecified atom stereocenters. The number of nitro benzene ring substituents is 1. The topological polar surface area (TPSA) is 81.5 Å². The molecular formula is C16H20N2O4. The number of benzene rings is 1. The highest BCUT2D eigenvalue weighted by molar-refractivity contribution is 5.91. The maximum atomic E-state index is 11.6. The lowest BCUT2D eigenvalue weighted by molar-refractivity contribution is -0.384. The average Bonchev–Trinajstić information content (AvgIpc) is 3.33. The van der Waals surface area contributed by atoms with Gasteiger partial charge in [0.25, 0.3) is 5.69 Å². The van der Waals surface area contributed by atoms with Crippen molar-refractivity contribution in [3.63, 3.8) is 0 Å². The first-order valence-electron chi connectivity index (χ1n) is 7.43. The minimum Gasteiger partial charge on any atom is -0.381 e. The fourth-order valence-corrected chi connectivity index (χ4v) is 1.89. The van der Waals surface area contributed by atoms with Crippen LogP contribution in [0.15, 0.2) is 30.3 Å². The second-order valence-corrected chi connectivity index (χ2v) is 5.35. The van der Waals surface area contributed by atoms with Crippen LogP contribution in [-0.4, -0.2) is 30.6 Å². The normalized spacial score (nSPS) is 14.2. The highest BCUT2D eigenvalue weighted by Gasteiger charge is 2.20. The smallest absolute Gasteiger partial charge is 0.270 e. The minimum absolute atomic E-state index is 0.00960. The molecule has 1 aliphatic carbocycles. The lowest BCUT2D eigenvalue weighted by atomic mass is 10.2. The van der Waals surface area contributed by atoms with Gasteiger partial charge in [-0.05, 0) is 36.8 Å². The Morgan fingerprint density at radius 3 is 3.00 bits per heavy atom. The van der Waals surface area contributed by atoms with Gasteiger partial charge in [-0.1, -0.05) is 12.1 Å². The van der Waals surface area contributed by atoms with Gasteiger partial charge < -0.3 is 10.1 Å². The molecule has 0 spiro atoms. The van der Waals surface area contributed by atoms with E-state index in [2.05, 4.69) is 5.32 Å². The summed E-state index contributed by atoms with van der Waals surface area (Å²) in [5, 5.41) is 13.4. The molecule has 1 fully saturated rings. The van der Waals surface area contributed by atoms with E-state index in [-0.39, 0.29) is 11.6 Å². The van der Waals surface area contributed by atoms with Crippen molar-refractivity contribution in [1.29, 1.82) is 0 Å². The molecular weight excluding hydrogens is 284 g/mol. The van der Waals surface area contributed by atoms with Gasteiger partial charge in [0.1, 0.15) is 0 Å². The van der Waals surface area contributed by atoms with Gasteiger partial charge >= 0.3 is 0 Å². The maximum Gasteiger partial charge on any atom is 0.270 e. The van der Waals surface area contributed by atoms with Crippen LogP contribution in [-0.2, 0) is 9.53 Å². The zero-order valence-electron chi connectivity index (χ0n) is 12.4. The van der Waals surface area contributed by atoms with Crippen LogP contribution in [0.4, 0.5) is 5.69 Å². The summed E-state index contributed by atoms with van der Waals surface area (Å²) in [5.74, 6) is 0.543. The molecule has 0 heterocycles. The van der Waals surface area contributed by atoms with E-state index in [1.54, 1.807) is 18.2 Å². The largest absolute Gasteiger partial charge is 0.381 e. The third-order valence-corrected chi connectivity index (χ3v) is 3.32. The van der Waals surface area contributed by atoms with Crippen molar-refractivity contribution < 1.29 is 14.5 Å². The van der Waals surface area contributed by atoms with Gasteiger partial charge in [0, 0.05) is 38.0 Å². The highest BCUT2D eigenvalue weighted by Crippen LogP contribution is 2.28. The summed E-state index contributed by atoms with van der Waals surface area (Å²) in [6.45, 7) is 2.05. The molecule has 0 atom stereocenters. The minimum atomic E-state index is -0.459. The van der Waals surface area contributed by atoms with Gasteiger partial charge in [0.05, 0.1) is 4.92 Å². The number of nitrogens with zero attached hydrogens (tertiary/aromatic N) is 1. The number of non-ortho nitro benzene ring substituents is 1. The van der Waals surface area contributed by atoms with Crippen molar-refractivity contribution in [2.45, 2.75) is 19.3 Å². The van der Waals surface area contributed by atoms with Gasteiger partial charge in [0.2, 0.25) is 5.91 Å². The predicted octanol–water partition coefficient (Wildman–Crippen LogP) is 2.54. The van der Waals surface area contributed by atoms with E-state index in [4.69, 9.17) is 4.74 Å². The summed E-state index contributed by atoms with van der Waals surface area (Å²) in [6, 6.07) is 6.14. The van der Waals surface area contributed by atoms with Gasteiger partial charge in [-0.15, -0.1) is 0 Å². The first-order chi connectivity index (χ1) is 10.6. The molecule has 1 saturated carbocycles. The zero-order valence-corrected chi connectivity index (χ0v) is 12.4. The Balaban J connectivity index is 1.64. The fourth-order valence-electron chi connectivity index (χ4n) is 1.89. The summed E-state index contributed by atoms with van der Waals surface area (Å²) in [6.07, 6.45) is 6.28. The summed E-state index contributed by atoms with van der Waals surface area (Å²) < 4.78 is 5.47. The van der Waals surface area contributed by atoms with E-state index >= 15 is 0 Å². The average molecular weight is 304 g/mol. The van der Waals surface area contributed by atoms with Crippen LogP contribution < -0.4 is 5.32 Å². The van der Waals surface area contributed by atoms with Gasteiger partial charge in [-0.3, -0.25) is 14.9 Å². The summed E-state index contributed by atoms with van der Waals surface area (Å²) in [7, 11) is 0. The second-order valence-electron chi connectivity index (χ2n) is 5.35. The van der Waals surface area contributed by atoms with Crippen molar-refractivity contribution in [2.75, 3.05) is 19.8 Å². The number of nitrogens with one attached hydrogen (secondary N) is 1. The number of nitro groups is 1. The Hall–Kier alpha value is -2.21. The number of carbonyl (C=O) groups is 1. The maximum absolute atomic E-state index is 11.6. The molecule has 0 saturated heterocycles. The Labute approximate surface area is 129 Å². The van der Waals surface area contributed by atoms with E-state index in [0.29, 0.717) is 18.7 Å². The molecule has 0 aromatic heterocycles. The van der Waals surface area contributed by atoms with Gasteiger partial charge in [-0.2, -0.15) is 0 Å². The Morgan fingerprint density at radius 1 is 1.45 bits per heavy atom. The first kappa shape index (κ1) is 16.2. The Kier molecular flexibility index (Phi) is 6.09. The lowest BCUT2D eigenvalue weighted by Crippen LogP contribution is -2.23. The van der Waals surface area contributed by atoms with Gasteiger partial charge in [-0.25, -0.2) is 0 Å². The third-order valence-electron chi connectivity index (χ3n) is 3.32. The molecule has 22 heavy (non-hydrogen) atoms. The fraction of sp³-hybridized carbons (Fsp3) is 0.438.